The number of nitrogens with zero attached hydrogens (tertiary/aromatic N) is 2. The van der Waals surface area contributed by atoms with Crippen LogP contribution in [0.25, 0.3) is 0 Å². The van der Waals surface area contributed by atoms with Crippen molar-refractivity contribution in [1.29, 1.82) is 0 Å². The molecule has 0 aliphatic rings. The molecule has 0 unspecified atom stereocenters. The molecule has 1 aromatic heterocycles. The highest BCUT2D eigenvalue weighted by molar-refractivity contribution is 8.00. The SMILES string of the molecule is C[C@@H](Sc1nnc(CNC(=O)c2cccc(C(F)(F)F)c2)o1)C(=O)[O-]. The van der Waals surface area contributed by atoms with Crippen molar-refractivity contribution in [1.82, 2.24) is 15.5 Å². The van der Waals surface area contributed by atoms with Gasteiger partial charge in [0.2, 0.25) is 5.89 Å². The molecule has 11 heteroatoms. The summed E-state index contributed by atoms with van der Waals surface area (Å²) in [6.45, 7) is 1.15. The van der Waals surface area contributed by atoms with E-state index in [1.54, 1.807) is 0 Å². The van der Waals surface area contributed by atoms with Crippen LogP contribution in [-0.4, -0.2) is 27.3 Å². The fourth-order valence-corrected chi connectivity index (χ4v) is 2.28. The van der Waals surface area contributed by atoms with Gasteiger partial charge in [-0.15, -0.1) is 10.2 Å². The number of thioether (sulfide) groups is 1. The van der Waals surface area contributed by atoms with E-state index in [2.05, 4.69) is 15.5 Å². The summed E-state index contributed by atoms with van der Waals surface area (Å²) in [4.78, 5) is 22.5. The smallest absolute Gasteiger partial charge is 0.416 e. The van der Waals surface area contributed by atoms with Crippen molar-refractivity contribution in [2.45, 2.75) is 30.1 Å². The number of rotatable bonds is 6. The van der Waals surface area contributed by atoms with Crippen LogP contribution in [0.2, 0.25) is 0 Å². The number of aromatic nitrogens is 2. The third-order valence-corrected chi connectivity index (χ3v) is 3.82. The zero-order valence-corrected chi connectivity index (χ0v) is 13.5. The summed E-state index contributed by atoms with van der Waals surface area (Å²) < 4.78 is 43.0. The van der Waals surface area contributed by atoms with Gasteiger partial charge in [0.15, 0.2) is 0 Å². The molecule has 2 rings (SSSR count). The van der Waals surface area contributed by atoms with Gasteiger partial charge in [-0.05, 0) is 25.1 Å². The second-order valence-electron chi connectivity index (χ2n) is 4.80. The van der Waals surface area contributed by atoms with Crippen molar-refractivity contribution >= 4 is 23.6 Å². The molecule has 0 aliphatic carbocycles. The van der Waals surface area contributed by atoms with Crippen molar-refractivity contribution in [2.75, 3.05) is 0 Å². The summed E-state index contributed by atoms with van der Waals surface area (Å²) in [6, 6.07) is 3.95. The van der Waals surface area contributed by atoms with Crippen LogP contribution in [-0.2, 0) is 17.5 Å². The van der Waals surface area contributed by atoms with Gasteiger partial charge in [0.1, 0.15) is 0 Å². The minimum Gasteiger partial charge on any atom is -0.549 e. The van der Waals surface area contributed by atoms with E-state index in [1.165, 1.54) is 13.0 Å². The number of carbonyl (C=O) groups excluding carboxylic acids is 2. The molecule has 25 heavy (non-hydrogen) atoms. The second kappa shape index (κ2) is 7.55. The first-order valence-corrected chi connectivity index (χ1v) is 7.70. The highest BCUT2D eigenvalue weighted by Crippen LogP contribution is 2.29. The summed E-state index contributed by atoms with van der Waals surface area (Å²) in [5.41, 5.74) is -1.11. The second-order valence-corrected chi connectivity index (χ2v) is 6.09. The van der Waals surface area contributed by atoms with Gasteiger partial charge in [-0.1, -0.05) is 17.8 Å². The van der Waals surface area contributed by atoms with Crippen LogP contribution in [0, 0.1) is 0 Å². The number of halogens is 3. The predicted octanol–water partition coefficient (Wildman–Crippen LogP) is 1.25. The molecule has 1 heterocycles. The number of benzene rings is 1. The number of carboxylic acids is 1. The molecule has 0 aliphatic heterocycles. The Kier molecular flexibility index (Phi) is 5.67. The molecule has 1 aromatic carbocycles. The lowest BCUT2D eigenvalue weighted by molar-refractivity contribution is -0.304. The van der Waals surface area contributed by atoms with Crippen molar-refractivity contribution in [3.05, 3.63) is 41.3 Å². The molecule has 1 atom stereocenters. The standard InChI is InChI=1S/C14H12F3N3O4S/c1-7(12(22)23)25-13-20-19-10(24-13)6-18-11(21)8-3-2-4-9(5-8)14(15,16)17/h2-5,7H,6H2,1H3,(H,18,21)(H,22,23)/p-1/t7-/m1/s1. The number of hydrogen-bond donors (Lipinski definition) is 1. The normalized spacial score (nSPS) is 12.6. The molecular formula is C14H11F3N3O4S-. The van der Waals surface area contributed by atoms with Crippen LogP contribution in [0.1, 0.15) is 28.7 Å². The largest absolute Gasteiger partial charge is 0.549 e. The number of amides is 1. The topological polar surface area (TPSA) is 108 Å². The number of nitrogens with one attached hydrogen (secondary N) is 1. The molecule has 1 N–H and O–H groups in total. The lowest BCUT2D eigenvalue weighted by Crippen LogP contribution is -2.31. The molecule has 0 radical (unpaired) electrons. The van der Waals surface area contributed by atoms with Crippen molar-refractivity contribution in [3.8, 4) is 0 Å². The van der Waals surface area contributed by atoms with Gasteiger partial charge in [0.05, 0.1) is 23.3 Å². The van der Waals surface area contributed by atoms with Crippen molar-refractivity contribution < 1.29 is 32.3 Å². The molecular weight excluding hydrogens is 363 g/mol. The average molecular weight is 374 g/mol. The lowest BCUT2D eigenvalue weighted by atomic mass is 10.1. The van der Waals surface area contributed by atoms with Gasteiger partial charge < -0.3 is 19.6 Å². The predicted molar refractivity (Wildman–Crippen MR) is 77.2 cm³/mol. The summed E-state index contributed by atoms with van der Waals surface area (Å²) in [5.74, 6) is -2.07. The first-order valence-electron chi connectivity index (χ1n) is 6.82. The quantitative estimate of drug-likeness (QED) is 0.758. The molecule has 0 saturated heterocycles. The minimum atomic E-state index is -4.55. The van der Waals surface area contributed by atoms with Crippen LogP contribution in [0.4, 0.5) is 13.2 Å². The van der Waals surface area contributed by atoms with Gasteiger partial charge in [0.25, 0.3) is 11.1 Å². The van der Waals surface area contributed by atoms with E-state index in [0.29, 0.717) is 0 Å². The zero-order valence-electron chi connectivity index (χ0n) is 12.7. The maximum Gasteiger partial charge on any atom is 0.416 e. The fourth-order valence-electron chi connectivity index (χ4n) is 1.65. The molecule has 134 valence electrons. The highest BCUT2D eigenvalue weighted by Gasteiger charge is 2.30. The summed E-state index contributed by atoms with van der Waals surface area (Å²) in [5, 5.41) is 19.2. The molecule has 0 saturated carbocycles. The molecule has 7 nitrogen and oxygen atoms in total. The van der Waals surface area contributed by atoms with Crippen LogP contribution >= 0.6 is 11.8 Å². The Balaban J connectivity index is 1.97. The molecule has 0 bridgehead atoms. The van der Waals surface area contributed by atoms with Crippen LogP contribution in [0.3, 0.4) is 0 Å². The average Bonchev–Trinajstić information content (AvgIpc) is 2.99. The van der Waals surface area contributed by atoms with Crippen LogP contribution < -0.4 is 10.4 Å². The monoisotopic (exact) mass is 374 g/mol. The van der Waals surface area contributed by atoms with Crippen molar-refractivity contribution in [3.63, 3.8) is 0 Å². The fraction of sp³-hybridized carbons (Fsp3) is 0.286. The Bertz CT molecular complexity index is 779. The van der Waals surface area contributed by atoms with Gasteiger partial charge in [-0.3, -0.25) is 4.79 Å². The van der Waals surface area contributed by atoms with Crippen LogP contribution in [0.15, 0.2) is 33.9 Å². The maximum atomic E-state index is 12.6. The van der Waals surface area contributed by atoms with E-state index in [1.807, 2.05) is 0 Å². The Labute approximate surface area is 143 Å². The highest BCUT2D eigenvalue weighted by atomic mass is 32.2. The summed E-state index contributed by atoms with van der Waals surface area (Å²) in [6.07, 6.45) is -4.55. The zero-order chi connectivity index (χ0) is 18.6. The van der Waals surface area contributed by atoms with E-state index in [0.717, 1.165) is 30.0 Å². The molecule has 2 aromatic rings. The van der Waals surface area contributed by atoms with E-state index in [9.17, 15) is 27.9 Å². The Morgan fingerprint density at radius 2 is 2.08 bits per heavy atom. The van der Waals surface area contributed by atoms with Crippen molar-refractivity contribution in [2.24, 2.45) is 0 Å². The van der Waals surface area contributed by atoms with Gasteiger partial charge in [-0.2, -0.15) is 13.2 Å². The van der Waals surface area contributed by atoms with Crippen LogP contribution in [0.5, 0.6) is 0 Å². The van der Waals surface area contributed by atoms with E-state index in [-0.39, 0.29) is 23.2 Å². The van der Waals surface area contributed by atoms with E-state index >= 15 is 0 Å². The number of carbonyl (C=O) groups is 2. The minimum absolute atomic E-state index is 0.0200. The first-order chi connectivity index (χ1) is 11.7. The molecule has 0 fully saturated rings. The third kappa shape index (κ3) is 5.21. The Morgan fingerprint density at radius 1 is 1.36 bits per heavy atom. The number of aliphatic carboxylic acids is 1. The first kappa shape index (κ1) is 18.8. The molecule has 0 spiro atoms. The van der Waals surface area contributed by atoms with E-state index in [4.69, 9.17) is 4.42 Å². The molecule has 1 amide bonds. The third-order valence-electron chi connectivity index (χ3n) is 2.91. The number of alkyl halides is 3. The van der Waals surface area contributed by atoms with E-state index < -0.39 is 28.9 Å². The summed E-state index contributed by atoms with van der Waals surface area (Å²) in [7, 11) is 0. The number of hydrogen-bond acceptors (Lipinski definition) is 7. The lowest BCUT2D eigenvalue weighted by Gasteiger charge is -2.08. The Hall–Kier alpha value is -2.56. The van der Waals surface area contributed by atoms with Gasteiger partial charge in [-0.25, -0.2) is 0 Å². The van der Waals surface area contributed by atoms with Gasteiger partial charge in [0, 0.05) is 5.56 Å². The van der Waals surface area contributed by atoms with Gasteiger partial charge >= 0.3 is 6.18 Å². The number of carboxylic acid groups (broad SMARTS) is 1. The summed E-state index contributed by atoms with van der Waals surface area (Å²) >= 11 is 0.768. The Morgan fingerprint density at radius 3 is 2.72 bits per heavy atom. The maximum absolute atomic E-state index is 12.6.